The molecule has 0 aromatic carbocycles. The highest BCUT2D eigenvalue weighted by atomic mass is 16.6. The van der Waals surface area contributed by atoms with Crippen LogP contribution in [-0.4, -0.2) is 28.0 Å². The molecule has 8 nitrogen and oxygen atoms in total. The molecule has 0 unspecified atom stereocenters. The Balaban J connectivity index is 1.72. The number of hydrogen-bond donors (Lipinski definition) is 1. The monoisotopic (exact) mass is 328 g/mol. The van der Waals surface area contributed by atoms with E-state index in [2.05, 4.69) is 15.3 Å². The van der Waals surface area contributed by atoms with Crippen LogP contribution in [0.3, 0.4) is 0 Å². The molecule has 2 aromatic heterocycles. The number of carbonyl (C=O) groups excluding carboxylic acids is 1. The van der Waals surface area contributed by atoms with Crippen LogP contribution in [0.4, 0.5) is 11.5 Å². The normalized spacial score (nSPS) is 13.4. The minimum atomic E-state index is -0.494. The van der Waals surface area contributed by atoms with Crippen molar-refractivity contribution in [1.29, 1.82) is 0 Å². The van der Waals surface area contributed by atoms with Gasteiger partial charge in [-0.1, -0.05) is 0 Å². The largest absolute Gasteiger partial charge is 0.465 e. The Bertz CT molecular complexity index is 772. The number of methoxy groups -OCH3 is 1. The summed E-state index contributed by atoms with van der Waals surface area (Å²) in [5.74, 6) is 0.463. The minimum Gasteiger partial charge on any atom is -0.465 e. The first kappa shape index (κ1) is 15.9. The van der Waals surface area contributed by atoms with Crippen molar-refractivity contribution < 1.29 is 14.5 Å². The van der Waals surface area contributed by atoms with Crippen molar-refractivity contribution in [3.8, 4) is 0 Å². The van der Waals surface area contributed by atoms with Crippen molar-refractivity contribution in [1.82, 2.24) is 9.97 Å². The zero-order valence-electron chi connectivity index (χ0n) is 13.1. The van der Waals surface area contributed by atoms with Crippen molar-refractivity contribution in [3.63, 3.8) is 0 Å². The molecule has 3 rings (SSSR count). The average Bonchev–Trinajstić information content (AvgIpc) is 3.44. The molecule has 1 aliphatic carbocycles. The van der Waals surface area contributed by atoms with Gasteiger partial charge < -0.3 is 10.1 Å². The van der Waals surface area contributed by atoms with Crippen LogP contribution in [0.5, 0.6) is 0 Å². The lowest BCUT2D eigenvalue weighted by atomic mass is 10.1. The Labute approximate surface area is 138 Å². The second kappa shape index (κ2) is 6.61. The summed E-state index contributed by atoms with van der Waals surface area (Å²) in [6.45, 7) is 0.409. The van der Waals surface area contributed by atoms with E-state index in [1.807, 2.05) is 0 Å². The summed E-state index contributed by atoms with van der Waals surface area (Å²) in [6, 6.07) is 6.42. The molecule has 0 atom stereocenters. The Kier molecular flexibility index (Phi) is 4.37. The lowest BCUT2D eigenvalue weighted by molar-refractivity contribution is -0.385. The predicted octanol–water partition coefficient (Wildman–Crippen LogP) is 2.66. The molecule has 0 bridgehead atoms. The first-order valence-electron chi connectivity index (χ1n) is 7.51. The van der Waals surface area contributed by atoms with Crippen LogP contribution in [0, 0.1) is 10.1 Å². The van der Waals surface area contributed by atoms with E-state index in [9.17, 15) is 14.9 Å². The zero-order valence-corrected chi connectivity index (χ0v) is 13.1. The van der Waals surface area contributed by atoms with Crippen LogP contribution in [-0.2, 0) is 11.3 Å². The number of ether oxygens (including phenoxy) is 1. The molecule has 1 fully saturated rings. The van der Waals surface area contributed by atoms with Gasteiger partial charge in [-0.15, -0.1) is 0 Å². The second-order valence-electron chi connectivity index (χ2n) is 5.51. The fourth-order valence-electron chi connectivity index (χ4n) is 2.35. The molecular formula is C16H16N4O4. The molecule has 2 heterocycles. The molecule has 0 radical (unpaired) electrons. The van der Waals surface area contributed by atoms with E-state index in [0.717, 1.165) is 24.2 Å². The molecule has 1 N–H and O–H groups in total. The summed E-state index contributed by atoms with van der Waals surface area (Å²) < 4.78 is 4.79. The molecule has 0 spiro atoms. The molecule has 24 heavy (non-hydrogen) atoms. The number of hydrogen-bond acceptors (Lipinski definition) is 7. The van der Waals surface area contributed by atoms with E-state index in [1.165, 1.54) is 19.4 Å². The van der Waals surface area contributed by atoms with Crippen molar-refractivity contribution in [2.75, 3.05) is 12.4 Å². The number of anilines is 1. The Morgan fingerprint density at radius 1 is 1.38 bits per heavy atom. The van der Waals surface area contributed by atoms with Crippen LogP contribution in [0.2, 0.25) is 0 Å². The van der Waals surface area contributed by atoms with E-state index in [0.29, 0.717) is 23.8 Å². The highest BCUT2D eigenvalue weighted by molar-refractivity contribution is 5.90. The highest BCUT2D eigenvalue weighted by Gasteiger charge is 2.30. The maximum Gasteiger partial charge on any atom is 0.339 e. The van der Waals surface area contributed by atoms with Gasteiger partial charge in [0.25, 0.3) is 5.69 Å². The number of rotatable bonds is 6. The fourth-order valence-corrected chi connectivity index (χ4v) is 2.35. The number of nitrogens with zero attached hydrogens (tertiary/aromatic N) is 3. The highest BCUT2D eigenvalue weighted by Crippen LogP contribution is 2.40. The molecule has 8 heteroatoms. The van der Waals surface area contributed by atoms with Crippen molar-refractivity contribution in [3.05, 3.63) is 57.5 Å². The summed E-state index contributed by atoms with van der Waals surface area (Å²) in [7, 11) is 1.36. The number of nitro groups is 1. The first-order valence-corrected chi connectivity index (χ1v) is 7.51. The Morgan fingerprint density at radius 3 is 2.75 bits per heavy atom. The van der Waals surface area contributed by atoms with Gasteiger partial charge in [0.15, 0.2) is 0 Å². The van der Waals surface area contributed by atoms with Crippen LogP contribution in [0.1, 0.15) is 40.5 Å². The summed E-state index contributed by atoms with van der Waals surface area (Å²) in [4.78, 5) is 30.5. The number of nitrogens with one attached hydrogen (secondary N) is 1. The number of esters is 1. The molecule has 1 saturated carbocycles. The van der Waals surface area contributed by atoms with E-state index >= 15 is 0 Å². The molecule has 124 valence electrons. The van der Waals surface area contributed by atoms with Crippen molar-refractivity contribution in [2.45, 2.75) is 25.3 Å². The summed E-state index contributed by atoms with van der Waals surface area (Å²) in [5, 5.41) is 13.7. The molecule has 2 aromatic rings. The Morgan fingerprint density at radius 2 is 2.17 bits per heavy atom. The van der Waals surface area contributed by atoms with E-state index < -0.39 is 4.92 Å². The summed E-state index contributed by atoms with van der Waals surface area (Å²) >= 11 is 0. The molecular weight excluding hydrogens is 312 g/mol. The molecule has 0 saturated heterocycles. The third-order valence-electron chi connectivity index (χ3n) is 3.76. The van der Waals surface area contributed by atoms with Gasteiger partial charge in [-0.25, -0.2) is 9.78 Å². The van der Waals surface area contributed by atoms with Gasteiger partial charge in [0.2, 0.25) is 0 Å². The lowest BCUT2D eigenvalue weighted by Gasteiger charge is -2.10. The van der Waals surface area contributed by atoms with Gasteiger partial charge in [0.05, 0.1) is 35.5 Å². The van der Waals surface area contributed by atoms with Crippen LogP contribution < -0.4 is 5.32 Å². The SMILES string of the molecule is COC(=O)c1ccc(CNc2ccc([N+](=O)[O-])cn2)nc1C1CC1. The lowest BCUT2D eigenvalue weighted by Crippen LogP contribution is -2.10. The van der Waals surface area contributed by atoms with Crippen molar-refractivity contribution in [2.24, 2.45) is 0 Å². The minimum absolute atomic E-state index is 0.0582. The third-order valence-corrected chi connectivity index (χ3v) is 3.76. The second-order valence-corrected chi connectivity index (χ2v) is 5.51. The number of aromatic nitrogens is 2. The standard InChI is InChI=1S/C16H16N4O4/c1-24-16(21)13-6-4-11(19-15(13)10-2-3-10)8-17-14-7-5-12(9-18-14)20(22)23/h4-7,9-10H,2-3,8H2,1H3,(H,17,18). The van der Waals surface area contributed by atoms with Gasteiger partial charge in [0, 0.05) is 12.0 Å². The molecule has 0 amide bonds. The fraction of sp³-hybridized carbons (Fsp3) is 0.312. The maximum absolute atomic E-state index is 11.8. The Hall–Kier alpha value is -3.03. The summed E-state index contributed by atoms with van der Waals surface area (Å²) in [6.07, 6.45) is 3.25. The van der Waals surface area contributed by atoms with Gasteiger partial charge >= 0.3 is 5.97 Å². The van der Waals surface area contributed by atoms with E-state index in [1.54, 1.807) is 18.2 Å². The van der Waals surface area contributed by atoms with Crippen LogP contribution >= 0.6 is 0 Å². The van der Waals surface area contributed by atoms with Gasteiger partial charge in [-0.05, 0) is 31.0 Å². The number of carbonyl (C=O) groups is 1. The predicted molar refractivity (Wildman–Crippen MR) is 85.8 cm³/mol. The summed E-state index contributed by atoms with van der Waals surface area (Å²) in [5.41, 5.74) is 2.00. The van der Waals surface area contributed by atoms with Crippen LogP contribution in [0.25, 0.3) is 0 Å². The van der Waals surface area contributed by atoms with E-state index in [-0.39, 0.29) is 11.7 Å². The smallest absolute Gasteiger partial charge is 0.339 e. The first-order chi connectivity index (χ1) is 11.6. The zero-order chi connectivity index (χ0) is 17.1. The van der Waals surface area contributed by atoms with Gasteiger partial charge in [-0.2, -0.15) is 0 Å². The third kappa shape index (κ3) is 3.48. The quantitative estimate of drug-likeness (QED) is 0.493. The van der Waals surface area contributed by atoms with E-state index in [4.69, 9.17) is 4.74 Å². The topological polar surface area (TPSA) is 107 Å². The number of pyridine rings is 2. The van der Waals surface area contributed by atoms with Gasteiger partial charge in [0.1, 0.15) is 12.0 Å². The maximum atomic E-state index is 11.8. The average molecular weight is 328 g/mol. The molecule has 1 aliphatic rings. The van der Waals surface area contributed by atoms with Crippen molar-refractivity contribution >= 4 is 17.5 Å². The van der Waals surface area contributed by atoms with Gasteiger partial charge in [-0.3, -0.25) is 15.1 Å². The molecule has 0 aliphatic heterocycles. The van der Waals surface area contributed by atoms with Crippen LogP contribution in [0.15, 0.2) is 30.5 Å².